The fourth-order valence-corrected chi connectivity index (χ4v) is 3.79. The van der Waals surface area contributed by atoms with Crippen molar-refractivity contribution in [3.05, 3.63) is 58.9 Å². The van der Waals surface area contributed by atoms with E-state index in [1.807, 2.05) is 35.0 Å². The molecule has 0 aliphatic carbocycles. The van der Waals surface area contributed by atoms with E-state index in [2.05, 4.69) is 43.3 Å². The molecule has 0 bridgehead atoms. The quantitative estimate of drug-likeness (QED) is 0.388. The van der Waals surface area contributed by atoms with E-state index in [4.69, 9.17) is 10.3 Å². The lowest BCUT2D eigenvalue weighted by atomic mass is 9.94. The van der Waals surface area contributed by atoms with Crippen LogP contribution in [0.25, 0.3) is 16.0 Å². The van der Waals surface area contributed by atoms with Crippen LogP contribution < -0.4 is 10.1 Å². The molecule has 0 unspecified atom stereocenters. The minimum atomic E-state index is 0.00765. The summed E-state index contributed by atoms with van der Waals surface area (Å²) < 4.78 is 7.14. The summed E-state index contributed by atoms with van der Waals surface area (Å²) >= 11 is 0. The molecular weight excluding hydrogens is 368 g/mol. The second-order valence-electron chi connectivity index (χ2n) is 7.37. The van der Waals surface area contributed by atoms with Crippen LogP contribution in [-0.2, 0) is 6.54 Å². The Kier molecular flexibility index (Phi) is 5.50. The Balaban J connectivity index is 1.60. The molecular formula is C20H24N8O. The molecule has 2 aromatic heterocycles. The van der Waals surface area contributed by atoms with Gasteiger partial charge >= 0.3 is 0 Å². The molecule has 1 aromatic carbocycles. The van der Waals surface area contributed by atoms with Crippen LogP contribution in [0.5, 0.6) is 5.75 Å². The largest absolute Gasteiger partial charge is 0.497 e. The van der Waals surface area contributed by atoms with Gasteiger partial charge in [-0.2, -0.15) is 5.10 Å². The van der Waals surface area contributed by atoms with Crippen LogP contribution in [0.3, 0.4) is 0 Å². The fourth-order valence-electron chi connectivity index (χ4n) is 3.79. The zero-order chi connectivity index (χ0) is 20.2. The minimum absolute atomic E-state index is 0.00765. The Morgan fingerprint density at radius 3 is 3.10 bits per heavy atom. The lowest BCUT2D eigenvalue weighted by Gasteiger charge is -2.34. The summed E-state index contributed by atoms with van der Waals surface area (Å²) in [7, 11) is 1.65. The average molecular weight is 392 g/mol. The number of rotatable bonds is 6. The second-order valence-corrected chi connectivity index (χ2v) is 7.37. The third kappa shape index (κ3) is 4.11. The average Bonchev–Trinajstić information content (AvgIpc) is 3.15. The number of fused-ring (bicyclic) bond motifs is 1. The van der Waals surface area contributed by atoms with Crippen molar-refractivity contribution in [1.82, 2.24) is 19.5 Å². The third-order valence-corrected chi connectivity index (χ3v) is 5.47. The van der Waals surface area contributed by atoms with E-state index in [-0.39, 0.29) is 6.04 Å². The molecule has 0 spiro atoms. The van der Waals surface area contributed by atoms with Crippen molar-refractivity contribution in [3.8, 4) is 5.75 Å². The van der Waals surface area contributed by atoms with Gasteiger partial charge < -0.3 is 10.1 Å². The molecule has 3 heterocycles. The standard InChI is InChI=1S/C20H24N8O/c1-14-6-8-27(12-18(14)25-26-21)11-15-7-9-28-19(15)20(22-13-23-28)24-16-4-3-5-17(10-16)29-2/h3-5,7,9-10,13-14,18H,6,8,11-12H2,1-2H3,(H,22,23,24)/t14-,18-/m1/s1. The number of azide groups is 1. The van der Waals surface area contributed by atoms with Gasteiger partial charge in [-0.05, 0) is 48.2 Å². The lowest BCUT2D eigenvalue weighted by Crippen LogP contribution is -2.41. The summed E-state index contributed by atoms with van der Waals surface area (Å²) in [6.45, 7) is 4.63. The van der Waals surface area contributed by atoms with Crippen LogP contribution in [0.15, 0.2) is 48.0 Å². The van der Waals surface area contributed by atoms with Gasteiger partial charge in [-0.3, -0.25) is 4.90 Å². The predicted octanol–water partition coefficient (Wildman–Crippen LogP) is 4.00. The molecule has 0 amide bonds. The monoisotopic (exact) mass is 392 g/mol. The molecule has 1 N–H and O–H groups in total. The van der Waals surface area contributed by atoms with Crippen molar-refractivity contribution in [2.45, 2.75) is 25.9 Å². The van der Waals surface area contributed by atoms with Gasteiger partial charge in [-0.1, -0.05) is 18.1 Å². The van der Waals surface area contributed by atoms with Crippen molar-refractivity contribution in [3.63, 3.8) is 0 Å². The molecule has 1 aliphatic heterocycles. The van der Waals surface area contributed by atoms with Gasteiger partial charge in [-0.15, -0.1) is 0 Å². The molecule has 9 heteroatoms. The molecule has 9 nitrogen and oxygen atoms in total. The van der Waals surface area contributed by atoms with Gasteiger partial charge in [0.25, 0.3) is 0 Å². The van der Waals surface area contributed by atoms with E-state index in [0.717, 1.165) is 54.4 Å². The van der Waals surface area contributed by atoms with Gasteiger partial charge in [0.15, 0.2) is 5.82 Å². The number of methoxy groups -OCH3 is 1. The van der Waals surface area contributed by atoms with Gasteiger partial charge in [-0.25, -0.2) is 9.50 Å². The Bertz CT molecular complexity index is 1040. The van der Waals surface area contributed by atoms with Crippen LogP contribution in [-0.4, -0.2) is 45.7 Å². The normalized spacial score (nSPS) is 19.7. The smallest absolute Gasteiger partial charge is 0.158 e. The summed E-state index contributed by atoms with van der Waals surface area (Å²) in [6, 6.07) is 9.82. The van der Waals surface area contributed by atoms with Gasteiger partial charge in [0.2, 0.25) is 0 Å². The zero-order valence-electron chi connectivity index (χ0n) is 16.6. The molecule has 2 atom stereocenters. The van der Waals surface area contributed by atoms with Crippen molar-refractivity contribution in [2.24, 2.45) is 11.0 Å². The van der Waals surface area contributed by atoms with E-state index in [1.54, 1.807) is 13.4 Å². The lowest BCUT2D eigenvalue weighted by molar-refractivity contribution is 0.163. The van der Waals surface area contributed by atoms with Crippen LogP contribution in [0.1, 0.15) is 18.9 Å². The Morgan fingerprint density at radius 2 is 2.28 bits per heavy atom. The number of likely N-dealkylation sites (tertiary alicyclic amines) is 1. The highest BCUT2D eigenvalue weighted by atomic mass is 16.5. The van der Waals surface area contributed by atoms with Crippen molar-refractivity contribution < 1.29 is 4.74 Å². The Hall–Kier alpha value is -3.29. The molecule has 150 valence electrons. The number of ether oxygens (including phenoxy) is 1. The molecule has 4 rings (SSSR count). The first-order chi connectivity index (χ1) is 14.2. The number of benzene rings is 1. The van der Waals surface area contributed by atoms with E-state index < -0.39 is 0 Å². The first kappa shape index (κ1) is 19.0. The molecule has 0 saturated carbocycles. The SMILES string of the molecule is COc1cccc(Nc2ncnn3ccc(CN4CC[C@@H](C)[C@H](N=[N+]=[N-])C4)c23)c1. The first-order valence-corrected chi connectivity index (χ1v) is 9.67. The minimum Gasteiger partial charge on any atom is -0.497 e. The van der Waals surface area contributed by atoms with Gasteiger partial charge in [0, 0.05) is 36.0 Å². The summed E-state index contributed by atoms with van der Waals surface area (Å²) in [5, 5.41) is 11.7. The van der Waals surface area contributed by atoms with E-state index in [0.29, 0.717) is 5.92 Å². The second kappa shape index (κ2) is 8.38. The molecule has 1 saturated heterocycles. The number of nitrogens with one attached hydrogen (secondary N) is 1. The number of nitrogens with zero attached hydrogens (tertiary/aromatic N) is 7. The van der Waals surface area contributed by atoms with Gasteiger partial charge in [0.05, 0.1) is 13.2 Å². The predicted molar refractivity (Wildman–Crippen MR) is 111 cm³/mol. The topological polar surface area (TPSA) is 103 Å². The summed E-state index contributed by atoms with van der Waals surface area (Å²) in [5.74, 6) is 1.92. The van der Waals surface area contributed by atoms with Crippen LogP contribution in [0, 0.1) is 5.92 Å². The first-order valence-electron chi connectivity index (χ1n) is 9.67. The number of hydrogen-bond acceptors (Lipinski definition) is 6. The zero-order valence-corrected chi connectivity index (χ0v) is 16.6. The number of aromatic nitrogens is 3. The van der Waals surface area contributed by atoms with Crippen LogP contribution in [0.2, 0.25) is 0 Å². The summed E-state index contributed by atoms with van der Waals surface area (Å²) in [6.07, 6.45) is 4.50. The van der Waals surface area contributed by atoms with Crippen molar-refractivity contribution in [2.75, 3.05) is 25.5 Å². The van der Waals surface area contributed by atoms with E-state index in [9.17, 15) is 0 Å². The third-order valence-electron chi connectivity index (χ3n) is 5.47. The maximum absolute atomic E-state index is 8.84. The number of anilines is 2. The summed E-state index contributed by atoms with van der Waals surface area (Å²) in [5.41, 5.74) is 11.8. The molecule has 3 aromatic rings. The van der Waals surface area contributed by atoms with Gasteiger partial charge in [0.1, 0.15) is 17.6 Å². The van der Waals surface area contributed by atoms with Crippen molar-refractivity contribution in [1.29, 1.82) is 0 Å². The van der Waals surface area contributed by atoms with E-state index >= 15 is 0 Å². The maximum Gasteiger partial charge on any atom is 0.158 e. The Morgan fingerprint density at radius 1 is 1.38 bits per heavy atom. The van der Waals surface area contributed by atoms with Crippen LogP contribution >= 0.6 is 0 Å². The molecule has 29 heavy (non-hydrogen) atoms. The number of piperidine rings is 1. The molecule has 1 aliphatic rings. The fraction of sp³-hybridized carbons (Fsp3) is 0.400. The van der Waals surface area contributed by atoms with Crippen molar-refractivity contribution >= 4 is 17.0 Å². The highest BCUT2D eigenvalue weighted by Gasteiger charge is 2.26. The van der Waals surface area contributed by atoms with E-state index in [1.165, 1.54) is 0 Å². The number of hydrogen-bond donors (Lipinski definition) is 1. The van der Waals surface area contributed by atoms with Crippen LogP contribution in [0.4, 0.5) is 11.5 Å². The highest BCUT2D eigenvalue weighted by Crippen LogP contribution is 2.27. The molecule has 0 radical (unpaired) electrons. The maximum atomic E-state index is 8.84. The highest BCUT2D eigenvalue weighted by molar-refractivity contribution is 5.76. The molecule has 1 fully saturated rings. The Labute approximate surface area is 168 Å². The summed E-state index contributed by atoms with van der Waals surface area (Å²) in [4.78, 5) is 9.82.